The molecule has 0 saturated heterocycles. The molecule has 2 rings (SSSR count). The van der Waals surface area contributed by atoms with Crippen LogP contribution in [0, 0.1) is 0 Å². The van der Waals surface area contributed by atoms with Crippen molar-refractivity contribution in [1.82, 2.24) is 5.32 Å². The lowest BCUT2D eigenvalue weighted by atomic mass is 10.1. The maximum absolute atomic E-state index is 6.03. The Kier molecular flexibility index (Phi) is 8.78. The number of nitrogens with one attached hydrogen (secondary N) is 1. The smallest absolute Gasteiger partial charge is 0.124 e. The number of hydrogen-bond donors (Lipinski definition) is 1. The third-order valence-corrected chi connectivity index (χ3v) is 4.34. The largest absolute Gasteiger partial charge is 0.489 e. The summed E-state index contributed by atoms with van der Waals surface area (Å²) < 4.78 is 5.94. The summed E-state index contributed by atoms with van der Waals surface area (Å²) in [5, 5.41) is 4.59. The van der Waals surface area contributed by atoms with Crippen LogP contribution in [-0.4, -0.2) is 6.04 Å². The zero-order chi connectivity index (χ0) is 15.9. The minimum Gasteiger partial charge on any atom is -0.489 e. The predicted octanol–water partition coefficient (Wildman–Crippen LogP) is 5.88. The van der Waals surface area contributed by atoms with Crippen molar-refractivity contribution >= 4 is 35.6 Å². The minimum absolute atomic E-state index is 0. The SMILES string of the molecule is CCC(C)NCc1ccccc1OCc1ccc(Cl)c(Cl)c1.Cl. The zero-order valence-corrected chi connectivity index (χ0v) is 15.6. The molecule has 0 aliphatic carbocycles. The second-order valence-electron chi connectivity index (χ2n) is 5.34. The Bertz CT molecular complexity index is 619. The summed E-state index contributed by atoms with van der Waals surface area (Å²) in [6.07, 6.45) is 1.10. The van der Waals surface area contributed by atoms with Crippen molar-refractivity contribution in [3.8, 4) is 5.75 Å². The number of benzene rings is 2. The lowest BCUT2D eigenvalue weighted by molar-refractivity contribution is 0.301. The van der Waals surface area contributed by atoms with E-state index in [1.54, 1.807) is 6.07 Å². The lowest BCUT2D eigenvalue weighted by Gasteiger charge is -2.15. The van der Waals surface area contributed by atoms with E-state index >= 15 is 0 Å². The van der Waals surface area contributed by atoms with Gasteiger partial charge in [-0.3, -0.25) is 0 Å². The van der Waals surface area contributed by atoms with Crippen LogP contribution in [0.5, 0.6) is 5.75 Å². The molecule has 2 aromatic carbocycles. The molecule has 23 heavy (non-hydrogen) atoms. The average Bonchev–Trinajstić information content (AvgIpc) is 2.54. The molecule has 1 atom stereocenters. The highest BCUT2D eigenvalue weighted by Gasteiger charge is 2.06. The summed E-state index contributed by atoms with van der Waals surface area (Å²) in [7, 11) is 0. The van der Waals surface area contributed by atoms with Gasteiger partial charge in [-0.2, -0.15) is 0 Å². The van der Waals surface area contributed by atoms with Crippen LogP contribution in [0.2, 0.25) is 10.0 Å². The van der Waals surface area contributed by atoms with Crippen LogP contribution >= 0.6 is 35.6 Å². The van der Waals surface area contributed by atoms with Gasteiger partial charge in [-0.25, -0.2) is 0 Å². The first-order valence-electron chi connectivity index (χ1n) is 7.48. The number of para-hydroxylation sites is 1. The first kappa shape index (κ1) is 20.1. The van der Waals surface area contributed by atoms with Crippen molar-refractivity contribution in [2.45, 2.75) is 39.5 Å². The fraction of sp³-hybridized carbons (Fsp3) is 0.333. The van der Waals surface area contributed by atoms with Crippen LogP contribution in [-0.2, 0) is 13.2 Å². The van der Waals surface area contributed by atoms with Crippen molar-refractivity contribution in [3.63, 3.8) is 0 Å². The van der Waals surface area contributed by atoms with Gasteiger partial charge in [0.1, 0.15) is 12.4 Å². The number of hydrogen-bond acceptors (Lipinski definition) is 2. The van der Waals surface area contributed by atoms with E-state index in [1.165, 1.54) is 0 Å². The highest BCUT2D eigenvalue weighted by molar-refractivity contribution is 6.42. The summed E-state index contributed by atoms with van der Waals surface area (Å²) in [5.41, 5.74) is 2.15. The third kappa shape index (κ3) is 6.23. The Morgan fingerprint density at radius 2 is 1.83 bits per heavy atom. The van der Waals surface area contributed by atoms with Gasteiger partial charge in [0.2, 0.25) is 0 Å². The van der Waals surface area contributed by atoms with E-state index in [0.29, 0.717) is 22.7 Å². The molecule has 1 N–H and O–H groups in total. The Morgan fingerprint density at radius 1 is 1.09 bits per heavy atom. The van der Waals surface area contributed by atoms with Crippen molar-refractivity contribution in [3.05, 3.63) is 63.6 Å². The molecule has 0 fully saturated rings. The van der Waals surface area contributed by atoms with Crippen LogP contribution in [0.4, 0.5) is 0 Å². The van der Waals surface area contributed by atoms with E-state index in [0.717, 1.165) is 29.8 Å². The molecule has 0 saturated carbocycles. The summed E-state index contributed by atoms with van der Waals surface area (Å²) in [4.78, 5) is 0. The van der Waals surface area contributed by atoms with E-state index in [1.807, 2.05) is 30.3 Å². The molecule has 126 valence electrons. The minimum atomic E-state index is 0. The van der Waals surface area contributed by atoms with Gasteiger partial charge in [0.25, 0.3) is 0 Å². The van der Waals surface area contributed by atoms with E-state index in [4.69, 9.17) is 27.9 Å². The zero-order valence-electron chi connectivity index (χ0n) is 13.3. The standard InChI is InChI=1S/C18H21Cl2NO.ClH/c1-3-13(2)21-11-15-6-4-5-7-18(15)22-12-14-8-9-16(19)17(20)10-14;/h4-10,13,21H,3,11-12H2,1-2H3;1H. The monoisotopic (exact) mass is 373 g/mol. The van der Waals surface area contributed by atoms with Gasteiger partial charge in [-0.15, -0.1) is 12.4 Å². The van der Waals surface area contributed by atoms with Crippen molar-refractivity contribution in [2.75, 3.05) is 0 Å². The van der Waals surface area contributed by atoms with Gasteiger partial charge in [-0.1, -0.05) is 54.4 Å². The van der Waals surface area contributed by atoms with Crippen molar-refractivity contribution in [1.29, 1.82) is 0 Å². The van der Waals surface area contributed by atoms with Crippen LogP contribution in [0.15, 0.2) is 42.5 Å². The van der Waals surface area contributed by atoms with Crippen LogP contribution in [0.3, 0.4) is 0 Å². The molecule has 0 bridgehead atoms. The molecular formula is C18H22Cl3NO. The van der Waals surface area contributed by atoms with Gasteiger partial charge in [0, 0.05) is 18.2 Å². The van der Waals surface area contributed by atoms with Crippen LogP contribution < -0.4 is 10.1 Å². The number of halogens is 3. The Balaban J connectivity index is 0.00000264. The molecule has 2 aromatic rings. The topological polar surface area (TPSA) is 21.3 Å². The fourth-order valence-electron chi connectivity index (χ4n) is 2.01. The Hall–Kier alpha value is -0.930. The maximum atomic E-state index is 6.03. The number of rotatable bonds is 7. The van der Waals surface area contributed by atoms with Gasteiger partial charge >= 0.3 is 0 Å². The molecule has 0 amide bonds. The lowest BCUT2D eigenvalue weighted by Crippen LogP contribution is -2.24. The quantitative estimate of drug-likeness (QED) is 0.653. The second-order valence-corrected chi connectivity index (χ2v) is 6.15. The van der Waals surface area contributed by atoms with Crippen molar-refractivity contribution < 1.29 is 4.74 Å². The molecule has 2 nitrogen and oxygen atoms in total. The van der Waals surface area contributed by atoms with Crippen molar-refractivity contribution in [2.24, 2.45) is 0 Å². The first-order valence-corrected chi connectivity index (χ1v) is 8.23. The van der Waals surface area contributed by atoms with Gasteiger partial charge in [0.15, 0.2) is 0 Å². The molecule has 0 spiro atoms. The average molecular weight is 375 g/mol. The third-order valence-electron chi connectivity index (χ3n) is 3.60. The second kappa shape index (κ2) is 10.0. The maximum Gasteiger partial charge on any atom is 0.124 e. The predicted molar refractivity (Wildman–Crippen MR) is 101 cm³/mol. The highest BCUT2D eigenvalue weighted by Crippen LogP contribution is 2.24. The summed E-state index contributed by atoms with van der Waals surface area (Å²) >= 11 is 12.0. The van der Waals surface area contributed by atoms with E-state index in [-0.39, 0.29) is 12.4 Å². The fourth-order valence-corrected chi connectivity index (χ4v) is 2.33. The summed E-state index contributed by atoms with van der Waals surface area (Å²) in [6.45, 7) is 5.62. The molecular weight excluding hydrogens is 353 g/mol. The van der Waals surface area contributed by atoms with Crippen LogP contribution in [0.1, 0.15) is 31.4 Å². The summed E-state index contributed by atoms with van der Waals surface area (Å²) in [6, 6.07) is 14.1. The highest BCUT2D eigenvalue weighted by atomic mass is 35.5. The van der Waals surface area contributed by atoms with Crippen LogP contribution in [0.25, 0.3) is 0 Å². The molecule has 0 heterocycles. The molecule has 0 radical (unpaired) electrons. The Labute approximate surface area is 154 Å². The van der Waals surface area contributed by atoms with Gasteiger partial charge in [-0.05, 0) is 37.1 Å². The van der Waals surface area contributed by atoms with Gasteiger partial charge < -0.3 is 10.1 Å². The van der Waals surface area contributed by atoms with E-state index in [9.17, 15) is 0 Å². The first-order chi connectivity index (χ1) is 10.6. The number of ether oxygens (including phenoxy) is 1. The van der Waals surface area contributed by atoms with Gasteiger partial charge in [0.05, 0.1) is 10.0 Å². The Morgan fingerprint density at radius 3 is 2.52 bits per heavy atom. The van der Waals surface area contributed by atoms with E-state index in [2.05, 4.69) is 25.2 Å². The molecule has 0 aliphatic rings. The molecule has 1 unspecified atom stereocenters. The molecule has 0 aromatic heterocycles. The molecule has 0 aliphatic heterocycles. The van der Waals surface area contributed by atoms with E-state index < -0.39 is 0 Å². The normalized spacial score (nSPS) is 11.7. The molecule has 5 heteroatoms. The summed E-state index contributed by atoms with van der Waals surface area (Å²) in [5.74, 6) is 0.893.